The number of carbonyl (C=O) groups excluding carboxylic acids is 1. The Balaban J connectivity index is 1.73. The van der Waals surface area contributed by atoms with Gasteiger partial charge in [0, 0.05) is 35.9 Å². The maximum atomic E-state index is 12.3. The highest BCUT2D eigenvalue weighted by Crippen LogP contribution is 2.31. The van der Waals surface area contributed by atoms with Crippen LogP contribution < -0.4 is 16.0 Å². The van der Waals surface area contributed by atoms with Gasteiger partial charge in [-0.2, -0.15) is 0 Å². The van der Waals surface area contributed by atoms with E-state index in [4.69, 9.17) is 9.97 Å². The van der Waals surface area contributed by atoms with Crippen LogP contribution in [0.5, 0.6) is 0 Å². The second kappa shape index (κ2) is 10.2. The number of hydrogen-bond donors (Lipinski definition) is 3. The number of nitrogens with zero attached hydrogens (tertiary/aromatic N) is 6. The smallest absolute Gasteiger partial charge is 0.300 e. The van der Waals surface area contributed by atoms with Crippen molar-refractivity contribution in [3.63, 3.8) is 0 Å². The number of aryl methyl sites for hydroxylation is 2. The van der Waals surface area contributed by atoms with Gasteiger partial charge in [0.25, 0.3) is 5.91 Å². The van der Waals surface area contributed by atoms with Gasteiger partial charge in [0.05, 0.1) is 11.4 Å². The van der Waals surface area contributed by atoms with Gasteiger partial charge in [-0.25, -0.2) is 15.0 Å². The Kier molecular flexibility index (Phi) is 7.07. The highest BCUT2D eigenvalue weighted by molar-refractivity contribution is 6.06. The summed E-state index contributed by atoms with van der Waals surface area (Å²) in [6.07, 6.45) is 3.38. The molecule has 10 heteroatoms. The zero-order chi connectivity index (χ0) is 26.7. The highest BCUT2D eigenvalue weighted by atomic mass is 16.1. The van der Waals surface area contributed by atoms with Crippen LogP contribution in [0, 0.1) is 24.2 Å². The third-order valence-corrected chi connectivity index (χ3v) is 6.07. The van der Waals surface area contributed by atoms with Gasteiger partial charge >= 0.3 is 0 Å². The van der Waals surface area contributed by atoms with Gasteiger partial charge in [-0.3, -0.25) is 4.79 Å². The monoisotopic (exact) mass is 497 g/mol. The van der Waals surface area contributed by atoms with Gasteiger partial charge < -0.3 is 20.5 Å². The average Bonchev–Trinajstić information content (AvgIpc) is 3.25. The lowest BCUT2D eigenvalue weighted by atomic mass is 9.88. The molecule has 0 aliphatic heterocycles. The third-order valence-electron chi connectivity index (χ3n) is 6.07. The van der Waals surface area contributed by atoms with Gasteiger partial charge in [0.2, 0.25) is 5.95 Å². The summed E-state index contributed by atoms with van der Waals surface area (Å²) in [5.41, 5.74) is 3.52. The largest absolute Gasteiger partial charge is 0.365 e. The predicted octanol–water partition coefficient (Wildman–Crippen LogP) is 4.68. The molecule has 4 rings (SSSR count). The fourth-order valence-electron chi connectivity index (χ4n) is 3.58. The van der Waals surface area contributed by atoms with Crippen LogP contribution in [0.25, 0.3) is 22.3 Å². The van der Waals surface area contributed by atoms with Gasteiger partial charge in [-0.1, -0.05) is 26.7 Å². The van der Waals surface area contributed by atoms with Crippen LogP contribution in [0.1, 0.15) is 40.3 Å². The first-order chi connectivity index (χ1) is 17.5. The summed E-state index contributed by atoms with van der Waals surface area (Å²) in [7, 11) is 1.85. The van der Waals surface area contributed by atoms with E-state index in [1.54, 1.807) is 24.0 Å². The van der Waals surface area contributed by atoms with Crippen LogP contribution in [-0.2, 0) is 11.8 Å². The van der Waals surface area contributed by atoms with Crippen molar-refractivity contribution >= 4 is 40.0 Å². The molecule has 0 saturated heterocycles. The minimum atomic E-state index is -0.428. The molecule has 190 valence electrons. The van der Waals surface area contributed by atoms with Crippen molar-refractivity contribution in [2.24, 2.45) is 12.5 Å². The molecule has 1 aromatic carbocycles. The molecule has 3 heterocycles. The Morgan fingerprint density at radius 3 is 2.59 bits per heavy atom. The first-order valence-electron chi connectivity index (χ1n) is 11.9. The van der Waals surface area contributed by atoms with E-state index in [9.17, 15) is 4.79 Å². The lowest BCUT2D eigenvalue weighted by Crippen LogP contribution is -2.31. The second-order valence-corrected chi connectivity index (χ2v) is 9.96. The molecule has 4 aromatic rings. The second-order valence-electron chi connectivity index (χ2n) is 9.96. The molecule has 0 aliphatic carbocycles. The number of nitrogens with one attached hydrogen (secondary N) is 3. The Hall–Kier alpha value is -4.52. The zero-order valence-electron chi connectivity index (χ0n) is 22.1. The average molecular weight is 498 g/mol. The summed E-state index contributed by atoms with van der Waals surface area (Å²) in [4.78, 5) is 26.3. The minimum absolute atomic E-state index is 0.0326. The molecular weight excluding hydrogens is 466 g/mol. The Morgan fingerprint density at radius 1 is 1.14 bits per heavy atom. The minimum Gasteiger partial charge on any atom is -0.365 e. The fourth-order valence-corrected chi connectivity index (χ4v) is 3.58. The highest BCUT2D eigenvalue weighted by Gasteiger charge is 2.22. The van der Waals surface area contributed by atoms with E-state index in [1.807, 2.05) is 38.2 Å². The molecule has 0 spiro atoms. The molecule has 1 atom stereocenters. The van der Waals surface area contributed by atoms with E-state index >= 15 is 0 Å². The van der Waals surface area contributed by atoms with Crippen molar-refractivity contribution in [3.8, 4) is 23.2 Å². The Bertz CT molecular complexity index is 1520. The van der Waals surface area contributed by atoms with Crippen molar-refractivity contribution in [3.05, 3.63) is 42.5 Å². The number of fused-ring (bicyclic) bond motifs is 1. The van der Waals surface area contributed by atoms with Crippen molar-refractivity contribution in [2.45, 2.75) is 47.6 Å². The molecule has 0 radical (unpaired) electrons. The van der Waals surface area contributed by atoms with Crippen molar-refractivity contribution in [2.75, 3.05) is 16.0 Å². The molecular formula is C27H31N9O. The molecule has 1 unspecified atom stereocenters. The summed E-state index contributed by atoms with van der Waals surface area (Å²) in [5.74, 6) is 6.43. The first kappa shape index (κ1) is 25.6. The molecule has 1 amide bonds. The molecule has 0 fully saturated rings. The van der Waals surface area contributed by atoms with Crippen LogP contribution in [0.15, 0.2) is 36.8 Å². The molecule has 37 heavy (non-hydrogen) atoms. The van der Waals surface area contributed by atoms with Gasteiger partial charge in [-0.15, -0.1) is 10.2 Å². The lowest BCUT2D eigenvalue weighted by molar-refractivity contribution is -0.111. The van der Waals surface area contributed by atoms with Crippen molar-refractivity contribution < 1.29 is 4.79 Å². The summed E-state index contributed by atoms with van der Waals surface area (Å²) >= 11 is 0. The summed E-state index contributed by atoms with van der Waals surface area (Å²) in [5, 5.41) is 18.6. The van der Waals surface area contributed by atoms with Crippen LogP contribution in [0.3, 0.4) is 0 Å². The lowest BCUT2D eigenvalue weighted by Gasteiger charge is -2.29. The Labute approximate surface area is 216 Å². The number of hydrogen-bond acceptors (Lipinski definition) is 8. The quantitative estimate of drug-likeness (QED) is 0.328. The maximum absolute atomic E-state index is 12.3. The topological polar surface area (TPSA) is 123 Å². The normalized spacial score (nSPS) is 12.0. The number of carbonyl (C=O) groups is 1. The first-order valence-corrected chi connectivity index (χ1v) is 11.9. The van der Waals surface area contributed by atoms with Gasteiger partial charge in [0.15, 0.2) is 11.6 Å². The maximum Gasteiger partial charge on any atom is 0.300 e. The zero-order valence-corrected chi connectivity index (χ0v) is 22.1. The van der Waals surface area contributed by atoms with E-state index in [2.05, 4.69) is 70.7 Å². The Morgan fingerprint density at radius 2 is 1.92 bits per heavy atom. The van der Waals surface area contributed by atoms with Crippen LogP contribution in [0.4, 0.5) is 23.1 Å². The molecule has 0 aliphatic rings. The van der Waals surface area contributed by atoms with Crippen LogP contribution in [-0.4, -0.2) is 41.7 Å². The fraction of sp³-hybridized carbons (Fsp3) is 0.333. The molecule has 3 aromatic heterocycles. The van der Waals surface area contributed by atoms with Crippen LogP contribution in [0.2, 0.25) is 0 Å². The summed E-state index contributed by atoms with van der Waals surface area (Å²) < 4.78 is 1.80. The predicted molar refractivity (Wildman–Crippen MR) is 146 cm³/mol. The number of anilines is 4. The van der Waals surface area contributed by atoms with E-state index < -0.39 is 5.91 Å². The van der Waals surface area contributed by atoms with Gasteiger partial charge in [-0.05, 0) is 56.4 Å². The van der Waals surface area contributed by atoms with Crippen molar-refractivity contribution in [1.82, 2.24) is 29.7 Å². The molecule has 3 N–H and O–H groups in total. The van der Waals surface area contributed by atoms with Gasteiger partial charge in [0.1, 0.15) is 11.8 Å². The number of rotatable bonds is 6. The van der Waals surface area contributed by atoms with E-state index in [0.717, 1.165) is 16.6 Å². The SMILES string of the molecule is CC#CC(=O)Nc1cc(-c2nncn2C)ccc1Nc1ncc2cc(C)nc(NC(C)C(C)(C)C)c2n1. The number of benzene rings is 1. The number of amides is 1. The standard InChI is InChI=1S/C27H31N9O/c1-8-9-22(37)32-21-13-18(25-35-29-15-36(25)7)10-11-20(21)33-26-28-14-19-12-16(2)30-24(23(19)34-26)31-17(3)27(4,5)6/h10-15,17H,1-7H3,(H,30,31)(H,32,37)(H,28,33,34). The molecule has 0 bridgehead atoms. The van der Waals surface area contributed by atoms with Crippen molar-refractivity contribution in [1.29, 1.82) is 0 Å². The van der Waals surface area contributed by atoms with E-state index in [1.165, 1.54) is 0 Å². The number of pyridine rings is 1. The number of aromatic nitrogens is 6. The third kappa shape index (κ3) is 5.83. The summed E-state index contributed by atoms with van der Waals surface area (Å²) in [6.45, 7) is 12.2. The van der Waals surface area contributed by atoms with E-state index in [0.29, 0.717) is 34.5 Å². The van der Waals surface area contributed by atoms with E-state index in [-0.39, 0.29) is 11.5 Å². The molecule has 0 saturated carbocycles. The van der Waals surface area contributed by atoms with Crippen LogP contribution >= 0.6 is 0 Å². The molecule has 10 nitrogen and oxygen atoms in total. The summed E-state index contributed by atoms with van der Waals surface area (Å²) in [6, 6.07) is 7.65.